The summed E-state index contributed by atoms with van der Waals surface area (Å²) in [5.41, 5.74) is 5.33. The molecule has 0 fully saturated rings. The lowest BCUT2D eigenvalue weighted by atomic mass is 10.1. The number of hydrogen-bond donors (Lipinski definition) is 2. The van der Waals surface area contributed by atoms with Gasteiger partial charge < -0.3 is 9.47 Å². The van der Waals surface area contributed by atoms with E-state index in [1.807, 2.05) is 6.07 Å². The fourth-order valence-corrected chi connectivity index (χ4v) is 2.14. The second kappa shape index (κ2) is 8.79. The Balaban J connectivity index is 1.77. The second-order valence-electron chi connectivity index (χ2n) is 4.80. The largest absolute Gasteiger partial charge is 0.496 e. The molecule has 0 radical (unpaired) electrons. The van der Waals surface area contributed by atoms with Crippen LogP contribution in [0.5, 0.6) is 11.5 Å². The van der Waals surface area contributed by atoms with Crippen molar-refractivity contribution in [2.24, 2.45) is 0 Å². The Morgan fingerprint density at radius 2 is 1.58 bits per heavy atom. The summed E-state index contributed by atoms with van der Waals surface area (Å²) >= 11 is 5.92. The molecule has 0 atom stereocenters. The molecule has 6 nitrogen and oxygen atoms in total. The molecule has 2 aromatic carbocycles. The summed E-state index contributed by atoms with van der Waals surface area (Å²) in [5.74, 6) is 0.143. The monoisotopic (exact) mass is 348 g/mol. The summed E-state index contributed by atoms with van der Waals surface area (Å²) in [6.07, 6.45) is 0.0790. The summed E-state index contributed by atoms with van der Waals surface area (Å²) in [6.45, 7) is -0.265. The van der Waals surface area contributed by atoms with E-state index in [1.165, 1.54) is 7.11 Å². The van der Waals surface area contributed by atoms with Gasteiger partial charge in [0.25, 0.3) is 5.91 Å². The first kappa shape index (κ1) is 17.6. The highest BCUT2D eigenvalue weighted by Gasteiger charge is 2.10. The van der Waals surface area contributed by atoms with Gasteiger partial charge in [-0.3, -0.25) is 20.4 Å². The molecule has 0 aliphatic heterocycles. The molecule has 2 amide bonds. The number of methoxy groups -OCH3 is 1. The van der Waals surface area contributed by atoms with Crippen LogP contribution in [0.4, 0.5) is 0 Å². The van der Waals surface area contributed by atoms with Crippen LogP contribution in [0.25, 0.3) is 0 Å². The lowest BCUT2D eigenvalue weighted by Gasteiger charge is -2.11. The third kappa shape index (κ3) is 5.17. The number of ether oxygens (including phenoxy) is 2. The van der Waals surface area contributed by atoms with E-state index in [9.17, 15) is 9.59 Å². The summed E-state index contributed by atoms with van der Waals surface area (Å²) in [6, 6.07) is 14.0. The minimum absolute atomic E-state index is 0.0790. The molecular formula is C17H17ClN2O4. The van der Waals surface area contributed by atoms with Gasteiger partial charge in [-0.05, 0) is 18.2 Å². The molecular weight excluding hydrogens is 332 g/mol. The number of benzene rings is 2. The van der Waals surface area contributed by atoms with Crippen molar-refractivity contribution in [2.75, 3.05) is 13.7 Å². The Morgan fingerprint density at radius 3 is 2.29 bits per heavy atom. The van der Waals surface area contributed by atoms with Gasteiger partial charge in [0.05, 0.1) is 18.6 Å². The van der Waals surface area contributed by atoms with Crippen molar-refractivity contribution in [2.45, 2.75) is 6.42 Å². The van der Waals surface area contributed by atoms with E-state index in [0.29, 0.717) is 16.5 Å². The van der Waals surface area contributed by atoms with Crippen LogP contribution in [-0.2, 0) is 16.0 Å². The second-order valence-corrected chi connectivity index (χ2v) is 5.21. The predicted molar refractivity (Wildman–Crippen MR) is 89.9 cm³/mol. The fraction of sp³-hybridized carbons (Fsp3) is 0.176. The van der Waals surface area contributed by atoms with Crippen LogP contribution in [0.3, 0.4) is 0 Å². The average molecular weight is 349 g/mol. The van der Waals surface area contributed by atoms with Crippen molar-refractivity contribution < 1.29 is 19.1 Å². The standard InChI is InChI=1S/C17H17ClN2O4/c1-23-14-8-4-2-6-12(14)10-16(21)19-20-17(22)11-24-15-9-5-3-7-13(15)18/h2-9H,10-11H2,1H3,(H,19,21)(H,20,22). The molecule has 0 aromatic heterocycles. The molecule has 0 aliphatic rings. The third-order valence-electron chi connectivity index (χ3n) is 3.08. The number of rotatable bonds is 6. The Bertz CT molecular complexity index is 721. The van der Waals surface area contributed by atoms with Crippen LogP contribution in [0.2, 0.25) is 5.02 Å². The van der Waals surface area contributed by atoms with E-state index >= 15 is 0 Å². The van der Waals surface area contributed by atoms with Gasteiger partial charge in [-0.25, -0.2) is 0 Å². The number of nitrogens with one attached hydrogen (secondary N) is 2. The Hall–Kier alpha value is -2.73. The van der Waals surface area contributed by atoms with Gasteiger partial charge in [-0.15, -0.1) is 0 Å². The van der Waals surface area contributed by atoms with Gasteiger partial charge in [-0.1, -0.05) is 41.9 Å². The smallest absolute Gasteiger partial charge is 0.276 e. The summed E-state index contributed by atoms with van der Waals surface area (Å²) in [7, 11) is 1.53. The van der Waals surface area contributed by atoms with Gasteiger partial charge >= 0.3 is 0 Å². The van der Waals surface area contributed by atoms with Gasteiger partial charge in [0.1, 0.15) is 11.5 Å². The molecule has 24 heavy (non-hydrogen) atoms. The maximum absolute atomic E-state index is 11.9. The van der Waals surface area contributed by atoms with Crippen LogP contribution in [0.1, 0.15) is 5.56 Å². The van der Waals surface area contributed by atoms with Crippen LogP contribution in [-0.4, -0.2) is 25.5 Å². The van der Waals surface area contributed by atoms with Crippen molar-refractivity contribution in [3.05, 3.63) is 59.1 Å². The van der Waals surface area contributed by atoms with Gasteiger partial charge in [-0.2, -0.15) is 0 Å². The maximum Gasteiger partial charge on any atom is 0.276 e. The quantitative estimate of drug-likeness (QED) is 0.784. The number of para-hydroxylation sites is 2. The van der Waals surface area contributed by atoms with Crippen molar-refractivity contribution >= 4 is 23.4 Å². The Kier molecular flexibility index (Phi) is 6.45. The van der Waals surface area contributed by atoms with Crippen LogP contribution < -0.4 is 20.3 Å². The number of hydrazine groups is 1. The van der Waals surface area contributed by atoms with Crippen molar-refractivity contribution in [1.29, 1.82) is 0 Å². The van der Waals surface area contributed by atoms with Crippen molar-refractivity contribution in [3.63, 3.8) is 0 Å². The lowest BCUT2D eigenvalue weighted by Crippen LogP contribution is -2.44. The zero-order chi connectivity index (χ0) is 17.4. The predicted octanol–water partition coefficient (Wildman–Crippen LogP) is 2.12. The molecule has 0 saturated carbocycles. The average Bonchev–Trinajstić information content (AvgIpc) is 2.59. The summed E-state index contributed by atoms with van der Waals surface area (Å²) in [4.78, 5) is 23.6. The number of amides is 2. The molecule has 0 unspecified atom stereocenters. The number of carbonyl (C=O) groups is 2. The number of halogens is 1. The molecule has 2 rings (SSSR count). The minimum atomic E-state index is -0.497. The van der Waals surface area contributed by atoms with Gasteiger partial charge in [0.2, 0.25) is 5.91 Å². The van der Waals surface area contributed by atoms with E-state index < -0.39 is 5.91 Å². The molecule has 0 heterocycles. The molecule has 126 valence electrons. The molecule has 0 saturated heterocycles. The van der Waals surface area contributed by atoms with Crippen LogP contribution >= 0.6 is 11.6 Å². The van der Waals surface area contributed by atoms with Crippen LogP contribution in [0.15, 0.2) is 48.5 Å². The topological polar surface area (TPSA) is 76.7 Å². The molecule has 0 bridgehead atoms. The molecule has 2 aromatic rings. The van der Waals surface area contributed by atoms with Crippen molar-refractivity contribution in [3.8, 4) is 11.5 Å². The van der Waals surface area contributed by atoms with Gasteiger partial charge in [0.15, 0.2) is 6.61 Å². The van der Waals surface area contributed by atoms with E-state index in [-0.39, 0.29) is 18.9 Å². The summed E-state index contributed by atoms with van der Waals surface area (Å²) < 4.78 is 10.4. The lowest BCUT2D eigenvalue weighted by molar-refractivity contribution is -0.129. The number of carbonyl (C=O) groups excluding carboxylic acids is 2. The van der Waals surface area contributed by atoms with E-state index in [4.69, 9.17) is 21.1 Å². The Morgan fingerprint density at radius 1 is 0.958 bits per heavy atom. The summed E-state index contributed by atoms with van der Waals surface area (Å²) in [5, 5.41) is 0.408. The fourth-order valence-electron chi connectivity index (χ4n) is 1.95. The SMILES string of the molecule is COc1ccccc1CC(=O)NNC(=O)COc1ccccc1Cl. The van der Waals surface area contributed by atoms with E-state index in [2.05, 4.69) is 10.9 Å². The first-order valence-corrected chi connectivity index (χ1v) is 7.55. The third-order valence-corrected chi connectivity index (χ3v) is 3.39. The highest BCUT2D eigenvalue weighted by atomic mass is 35.5. The number of hydrogen-bond acceptors (Lipinski definition) is 4. The molecule has 2 N–H and O–H groups in total. The van der Waals surface area contributed by atoms with E-state index in [1.54, 1.807) is 42.5 Å². The first-order valence-electron chi connectivity index (χ1n) is 7.17. The highest BCUT2D eigenvalue weighted by Crippen LogP contribution is 2.22. The molecule has 7 heteroatoms. The molecule has 0 spiro atoms. The normalized spacial score (nSPS) is 9.92. The minimum Gasteiger partial charge on any atom is -0.496 e. The van der Waals surface area contributed by atoms with Gasteiger partial charge in [0, 0.05) is 5.56 Å². The maximum atomic E-state index is 11.9. The molecule has 0 aliphatic carbocycles. The zero-order valence-corrected chi connectivity index (χ0v) is 13.8. The van der Waals surface area contributed by atoms with Crippen LogP contribution in [0, 0.1) is 0 Å². The van der Waals surface area contributed by atoms with Crippen molar-refractivity contribution in [1.82, 2.24) is 10.9 Å². The highest BCUT2D eigenvalue weighted by molar-refractivity contribution is 6.32. The zero-order valence-electron chi connectivity index (χ0n) is 13.0. The van der Waals surface area contributed by atoms with E-state index in [0.717, 1.165) is 5.56 Å². The Labute approximate surface area is 144 Å². The first-order chi connectivity index (χ1) is 11.6.